The predicted molar refractivity (Wildman–Crippen MR) is 77.3 cm³/mol. The molecule has 0 amide bonds. The van der Waals surface area contributed by atoms with E-state index in [1.807, 2.05) is 23.6 Å². The Kier molecular flexibility index (Phi) is 5.86. The Labute approximate surface area is 112 Å². The van der Waals surface area contributed by atoms with Gasteiger partial charge in [0.25, 0.3) is 5.56 Å². The molecule has 0 radical (unpaired) electrons. The van der Waals surface area contributed by atoms with Gasteiger partial charge in [-0.3, -0.25) is 4.79 Å². The van der Waals surface area contributed by atoms with E-state index in [0.717, 1.165) is 12.1 Å². The molecule has 0 aliphatic heterocycles. The molecule has 1 heterocycles. The Morgan fingerprint density at radius 2 is 1.89 bits per heavy atom. The van der Waals surface area contributed by atoms with Crippen LogP contribution in [0.2, 0.25) is 5.02 Å². The van der Waals surface area contributed by atoms with Gasteiger partial charge in [0.2, 0.25) is 0 Å². The van der Waals surface area contributed by atoms with Crippen molar-refractivity contribution in [2.75, 3.05) is 0 Å². The number of aromatic nitrogens is 2. The highest BCUT2D eigenvalue weighted by Crippen LogP contribution is 2.18. The van der Waals surface area contributed by atoms with Crippen LogP contribution in [0.1, 0.15) is 33.6 Å². The lowest BCUT2D eigenvalue weighted by Crippen LogP contribution is -2.12. The minimum absolute atomic E-state index is 0.268. The first-order chi connectivity index (χ1) is 8.65. The van der Waals surface area contributed by atoms with Crippen molar-refractivity contribution >= 4 is 22.5 Å². The lowest BCUT2D eigenvalue weighted by molar-refractivity contribution is 0.764. The number of fused-ring (bicyclic) bond motifs is 1. The van der Waals surface area contributed by atoms with Crippen molar-refractivity contribution in [1.29, 1.82) is 0 Å². The molecular weight excluding hydrogens is 248 g/mol. The number of aryl methyl sites for hydroxylation is 1. The normalized spacial score (nSPS) is 10.0. The monoisotopic (exact) mass is 266 g/mol. The van der Waals surface area contributed by atoms with Crippen LogP contribution in [0.4, 0.5) is 0 Å². The highest BCUT2D eigenvalue weighted by atomic mass is 35.5. The third-order valence-corrected chi connectivity index (χ3v) is 2.98. The van der Waals surface area contributed by atoms with Gasteiger partial charge in [-0.25, -0.2) is 0 Å². The zero-order valence-electron chi connectivity index (χ0n) is 11.1. The Morgan fingerprint density at radius 3 is 2.44 bits per heavy atom. The summed E-state index contributed by atoms with van der Waals surface area (Å²) in [6, 6.07) is 5.40. The molecule has 0 saturated heterocycles. The first-order valence-electron chi connectivity index (χ1n) is 6.29. The van der Waals surface area contributed by atoms with E-state index in [9.17, 15) is 4.79 Å². The summed E-state index contributed by atoms with van der Waals surface area (Å²) in [5, 5.41) is 0.960. The van der Waals surface area contributed by atoms with Gasteiger partial charge in [0, 0.05) is 6.54 Å². The van der Waals surface area contributed by atoms with Gasteiger partial charge < -0.3 is 4.57 Å². The minimum Gasteiger partial charge on any atom is -0.332 e. The van der Waals surface area contributed by atoms with Crippen LogP contribution in [-0.4, -0.2) is 9.55 Å². The van der Waals surface area contributed by atoms with Gasteiger partial charge in [-0.15, -0.1) is 0 Å². The summed E-state index contributed by atoms with van der Waals surface area (Å²) >= 11 is 5.94. The van der Waals surface area contributed by atoms with Crippen LogP contribution in [0, 0.1) is 0 Å². The summed E-state index contributed by atoms with van der Waals surface area (Å²) in [7, 11) is 0. The second kappa shape index (κ2) is 7.17. The second-order valence-corrected chi connectivity index (χ2v) is 4.38. The molecule has 0 aliphatic rings. The van der Waals surface area contributed by atoms with Crippen LogP contribution in [0.25, 0.3) is 10.9 Å². The second-order valence-electron chi connectivity index (χ2n) is 3.97. The molecule has 2 aromatic rings. The van der Waals surface area contributed by atoms with E-state index in [4.69, 9.17) is 11.6 Å². The summed E-state index contributed by atoms with van der Waals surface area (Å²) in [6.07, 6.45) is 4.18. The van der Waals surface area contributed by atoms with Crippen molar-refractivity contribution in [2.45, 2.75) is 40.2 Å². The molecule has 0 saturated carbocycles. The van der Waals surface area contributed by atoms with Gasteiger partial charge in [0.15, 0.2) is 0 Å². The zero-order valence-corrected chi connectivity index (χ0v) is 11.9. The molecule has 98 valence electrons. The van der Waals surface area contributed by atoms with Gasteiger partial charge in [-0.05, 0) is 19.1 Å². The molecule has 0 spiro atoms. The Bertz CT molecular complexity index is 561. The van der Waals surface area contributed by atoms with E-state index in [-0.39, 0.29) is 5.56 Å². The van der Waals surface area contributed by atoms with E-state index >= 15 is 0 Å². The zero-order chi connectivity index (χ0) is 13.5. The molecule has 4 heteroatoms. The standard InChI is InChI=1S/C10H9ClN2O.C4H10/c1-2-13-6-12-10(14)9-7(11)4-3-5-8(9)13;1-3-4-2/h3-6H,2H2,1H3;3-4H2,1-2H3. The van der Waals surface area contributed by atoms with Crippen molar-refractivity contribution in [3.8, 4) is 0 Å². The highest BCUT2D eigenvalue weighted by Gasteiger charge is 2.05. The first-order valence-corrected chi connectivity index (χ1v) is 6.67. The minimum atomic E-state index is -0.268. The summed E-state index contributed by atoms with van der Waals surface area (Å²) in [6.45, 7) is 7.12. The van der Waals surface area contributed by atoms with Crippen LogP contribution in [0.5, 0.6) is 0 Å². The van der Waals surface area contributed by atoms with Gasteiger partial charge in [0.05, 0.1) is 22.3 Å². The molecule has 0 unspecified atom stereocenters. The van der Waals surface area contributed by atoms with Crippen LogP contribution in [0.3, 0.4) is 0 Å². The fourth-order valence-electron chi connectivity index (χ4n) is 1.46. The van der Waals surface area contributed by atoms with Crippen LogP contribution < -0.4 is 5.56 Å². The van der Waals surface area contributed by atoms with Gasteiger partial charge in [-0.2, -0.15) is 4.98 Å². The maximum Gasteiger partial charge on any atom is 0.282 e. The molecular formula is C14H19ClN2O. The van der Waals surface area contributed by atoms with Crippen LogP contribution >= 0.6 is 11.6 Å². The number of unbranched alkanes of at least 4 members (excludes halogenated alkanes) is 1. The maximum atomic E-state index is 11.5. The number of halogens is 1. The molecule has 3 nitrogen and oxygen atoms in total. The van der Waals surface area contributed by atoms with E-state index in [1.165, 1.54) is 12.8 Å². The smallest absolute Gasteiger partial charge is 0.282 e. The average molecular weight is 267 g/mol. The maximum absolute atomic E-state index is 11.5. The topological polar surface area (TPSA) is 34.9 Å². The van der Waals surface area contributed by atoms with Crippen molar-refractivity contribution in [2.24, 2.45) is 0 Å². The molecule has 0 bridgehead atoms. The van der Waals surface area contributed by atoms with E-state index in [0.29, 0.717) is 10.4 Å². The molecule has 2 rings (SSSR count). The first kappa shape index (κ1) is 14.7. The van der Waals surface area contributed by atoms with Gasteiger partial charge in [0.1, 0.15) is 0 Å². The molecule has 18 heavy (non-hydrogen) atoms. The molecule has 1 aromatic heterocycles. The van der Waals surface area contributed by atoms with E-state index < -0.39 is 0 Å². The summed E-state index contributed by atoms with van der Waals surface area (Å²) in [5.74, 6) is 0. The van der Waals surface area contributed by atoms with Crippen molar-refractivity contribution in [3.05, 3.63) is 39.9 Å². The average Bonchev–Trinajstić information content (AvgIpc) is 2.39. The quantitative estimate of drug-likeness (QED) is 0.827. The Hall–Kier alpha value is -1.35. The largest absolute Gasteiger partial charge is 0.332 e. The fraction of sp³-hybridized carbons (Fsp3) is 0.429. The summed E-state index contributed by atoms with van der Waals surface area (Å²) < 4.78 is 1.89. The van der Waals surface area contributed by atoms with E-state index in [2.05, 4.69) is 18.8 Å². The third kappa shape index (κ3) is 3.33. The highest BCUT2D eigenvalue weighted by molar-refractivity contribution is 6.35. The molecule has 0 fully saturated rings. The summed E-state index contributed by atoms with van der Waals surface area (Å²) in [5.41, 5.74) is 0.565. The van der Waals surface area contributed by atoms with Crippen molar-refractivity contribution < 1.29 is 0 Å². The fourth-order valence-corrected chi connectivity index (χ4v) is 1.72. The van der Waals surface area contributed by atoms with E-state index in [1.54, 1.807) is 12.4 Å². The number of rotatable bonds is 2. The predicted octanol–water partition coefficient (Wildman–Crippen LogP) is 3.88. The van der Waals surface area contributed by atoms with Crippen LogP contribution in [-0.2, 0) is 6.54 Å². The number of benzene rings is 1. The SMILES string of the molecule is CCCC.CCn1cnc(=O)c2c(Cl)cccc21. The Morgan fingerprint density at radius 1 is 1.22 bits per heavy atom. The van der Waals surface area contributed by atoms with Crippen LogP contribution in [0.15, 0.2) is 29.3 Å². The molecule has 0 aliphatic carbocycles. The number of nitrogens with zero attached hydrogens (tertiary/aromatic N) is 2. The van der Waals surface area contributed by atoms with Gasteiger partial charge in [-0.1, -0.05) is 44.4 Å². The Balaban J connectivity index is 0.000000357. The van der Waals surface area contributed by atoms with Crippen molar-refractivity contribution in [1.82, 2.24) is 9.55 Å². The molecule has 0 N–H and O–H groups in total. The third-order valence-electron chi connectivity index (χ3n) is 2.67. The lowest BCUT2D eigenvalue weighted by atomic mass is 10.2. The van der Waals surface area contributed by atoms with Crippen molar-refractivity contribution in [3.63, 3.8) is 0 Å². The number of hydrogen-bond donors (Lipinski definition) is 0. The summed E-state index contributed by atoms with van der Waals surface area (Å²) in [4.78, 5) is 15.2. The number of hydrogen-bond acceptors (Lipinski definition) is 2. The lowest BCUT2D eigenvalue weighted by Gasteiger charge is -2.06. The molecule has 1 aromatic carbocycles. The van der Waals surface area contributed by atoms with Gasteiger partial charge >= 0.3 is 0 Å². The molecule has 0 atom stereocenters.